The van der Waals surface area contributed by atoms with Gasteiger partial charge in [-0.3, -0.25) is 4.79 Å². The van der Waals surface area contributed by atoms with Crippen molar-refractivity contribution in [3.05, 3.63) is 58.6 Å². The maximum Gasteiger partial charge on any atom is 0.323 e. The predicted molar refractivity (Wildman–Crippen MR) is 87.0 cm³/mol. The quantitative estimate of drug-likeness (QED) is 0.666. The molecule has 0 fully saturated rings. The highest BCUT2D eigenvalue weighted by Crippen LogP contribution is 2.31. The van der Waals surface area contributed by atoms with Crippen molar-refractivity contribution in [1.29, 1.82) is 0 Å². The van der Waals surface area contributed by atoms with E-state index in [-0.39, 0.29) is 23.1 Å². The SMILES string of the molecule is C=C1NC(=O)NC(C(=O)N[C@H]2CCCc3c(C)cccc32)=C1N. The number of carbonyl (C=O) groups is 2. The summed E-state index contributed by atoms with van der Waals surface area (Å²) >= 11 is 0. The second-order valence-corrected chi connectivity index (χ2v) is 5.91. The highest BCUT2D eigenvalue weighted by Gasteiger charge is 2.28. The maximum atomic E-state index is 12.5. The predicted octanol–water partition coefficient (Wildman–Crippen LogP) is 1.49. The van der Waals surface area contributed by atoms with Crippen LogP contribution in [0.4, 0.5) is 4.79 Å². The second-order valence-electron chi connectivity index (χ2n) is 5.91. The molecular formula is C17H20N4O2. The van der Waals surface area contributed by atoms with Crippen LogP contribution >= 0.6 is 0 Å². The molecule has 0 spiro atoms. The van der Waals surface area contributed by atoms with Gasteiger partial charge in [0.05, 0.1) is 17.4 Å². The fourth-order valence-corrected chi connectivity index (χ4v) is 3.16. The average Bonchev–Trinajstić information content (AvgIpc) is 2.52. The first kappa shape index (κ1) is 15.1. The largest absolute Gasteiger partial charge is 0.395 e. The zero-order valence-electron chi connectivity index (χ0n) is 13.0. The van der Waals surface area contributed by atoms with Gasteiger partial charge in [0.25, 0.3) is 5.91 Å². The molecule has 6 nitrogen and oxygen atoms in total. The van der Waals surface area contributed by atoms with Crippen molar-refractivity contribution >= 4 is 11.9 Å². The molecule has 23 heavy (non-hydrogen) atoms. The fraction of sp³-hybridized carbons (Fsp3) is 0.294. The monoisotopic (exact) mass is 312 g/mol. The van der Waals surface area contributed by atoms with Crippen LogP contribution in [0.1, 0.15) is 35.6 Å². The number of fused-ring (bicyclic) bond motifs is 1. The number of benzene rings is 1. The van der Waals surface area contributed by atoms with Gasteiger partial charge in [-0.15, -0.1) is 0 Å². The number of nitrogens with two attached hydrogens (primary N) is 1. The number of nitrogens with one attached hydrogen (secondary N) is 3. The minimum Gasteiger partial charge on any atom is -0.395 e. The second kappa shape index (κ2) is 5.79. The lowest BCUT2D eigenvalue weighted by Crippen LogP contribution is -2.47. The molecule has 0 saturated carbocycles. The molecule has 3 rings (SSSR count). The molecule has 0 saturated heterocycles. The van der Waals surface area contributed by atoms with Crippen LogP contribution in [-0.2, 0) is 11.2 Å². The van der Waals surface area contributed by atoms with Crippen molar-refractivity contribution < 1.29 is 9.59 Å². The summed E-state index contributed by atoms with van der Waals surface area (Å²) in [6, 6.07) is 5.55. The van der Waals surface area contributed by atoms with Gasteiger partial charge in [-0.1, -0.05) is 24.8 Å². The third-order valence-electron chi connectivity index (χ3n) is 4.37. The van der Waals surface area contributed by atoms with Crippen LogP contribution in [0.5, 0.6) is 0 Å². The third kappa shape index (κ3) is 2.79. The zero-order chi connectivity index (χ0) is 16.6. The molecule has 0 aromatic heterocycles. The first-order chi connectivity index (χ1) is 11.0. The van der Waals surface area contributed by atoms with Crippen molar-refractivity contribution in [2.24, 2.45) is 5.73 Å². The zero-order valence-corrected chi connectivity index (χ0v) is 13.0. The van der Waals surface area contributed by atoms with E-state index in [9.17, 15) is 9.59 Å². The van der Waals surface area contributed by atoms with E-state index in [4.69, 9.17) is 5.73 Å². The highest BCUT2D eigenvalue weighted by atomic mass is 16.2. The Balaban J connectivity index is 1.85. The molecule has 1 aliphatic heterocycles. The molecule has 120 valence electrons. The lowest BCUT2D eigenvalue weighted by Gasteiger charge is -2.29. The summed E-state index contributed by atoms with van der Waals surface area (Å²) in [7, 11) is 0. The molecule has 1 aromatic carbocycles. The Labute approximate surface area is 134 Å². The summed E-state index contributed by atoms with van der Waals surface area (Å²) < 4.78 is 0. The molecule has 1 atom stereocenters. The number of carbonyl (C=O) groups excluding carboxylic acids is 2. The van der Waals surface area contributed by atoms with E-state index in [0.29, 0.717) is 0 Å². The molecule has 0 bridgehead atoms. The number of aryl methyl sites for hydroxylation is 1. The van der Waals surface area contributed by atoms with Crippen molar-refractivity contribution in [1.82, 2.24) is 16.0 Å². The fourth-order valence-electron chi connectivity index (χ4n) is 3.16. The van der Waals surface area contributed by atoms with Gasteiger partial charge in [0.15, 0.2) is 0 Å². The van der Waals surface area contributed by atoms with Crippen LogP contribution < -0.4 is 21.7 Å². The minimum atomic E-state index is -0.505. The number of urea groups is 1. The van der Waals surface area contributed by atoms with Gasteiger partial charge in [0.1, 0.15) is 5.70 Å². The summed E-state index contributed by atoms with van der Waals surface area (Å²) in [4.78, 5) is 24.0. The van der Waals surface area contributed by atoms with Crippen molar-refractivity contribution in [3.8, 4) is 0 Å². The molecule has 0 radical (unpaired) electrons. The van der Waals surface area contributed by atoms with Crippen LogP contribution in [0, 0.1) is 6.92 Å². The molecule has 3 amide bonds. The Morgan fingerprint density at radius 1 is 1.39 bits per heavy atom. The first-order valence-corrected chi connectivity index (χ1v) is 7.63. The van der Waals surface area contributed by atoms with E-state index >= 15 is 0 Å². The van der Waals surface area contributed by atoms with Crippen LogP contribution in [-0.4, -0.2) is 11.9 Å². The number of hydrogen-bond acceptors (Lipinski definition) is 3. The van der Waals surface area contributed by atoms with Gasteiger partial charge < -0.3 is 21.7 Å². The van der Waals surface area contributed by atoms with Crippen LogP contribution in [0.2, 0.25) is 0 Å². The Bertz CT molecular complexity index is 736. The summed E-state index contributed by atoms with van der Waals surface area (Å²) in [5.41, 5.74) is 9.97. The standard InChI is InChI=1S/C17H20N4O2/c1-9-5-3-7-12-11(9)6-4-8-13(12)20-16(22)15-14(18)10(2)19-17(23)21-15/h3,5,7,13H,2,4,6,8,18H2,1H3,(H,20,22)(H2,19,21,23)/t13-/m0/s1. The lowest BCUT2D eigenvalue weighted by atomic mass is 9.85. The van der Waals surface area contributed by atoms with E-state index in [0.717, 1.165) is 24.8 Å². The molecule has 1 heterocycles. The van der Waals surface area contributed by atoms with E-state index in [1.807, 2.05) is 12.1 Å². The lowest BCUT2D eigenvalue weighted by molar-refractivity contribution is -0.118. The summed E-state index contributed by atoms with van der Waals surface area (Å²) in [6.07, 6.45) is 2.90. The van der Waals surface area contributed by atoms with Gasteiger partial charge in [-0.25, -0.2) is 4.79 Å². The highest BCUT2D eigenvalue weighted by molar-refractivity contribution is 6.00. The Hall–Kier alpha value is -2.76. The van der Waals surface area contributed by atoms with Crippen LogP contribution in [0.3, 0.4) is 0 Å². The summed E-state index contributed by atoms with van der Waals surface area (Å²) in [6.45, 7) is 5.72. The minimum absolute atomic E-state index is 0.0542. The molecule has 2 aliphatic rings. The van der Waals surface area contributed by atoms with E-state index in [1.165, 1.54) is 11.1 Å². The van der Waals surface area contributed by atoms with Crippen molar-refractivity contribution in [2.45, 2.75) is 32.2 Å². The Kier molecular flexibility index (Phi) is 3.82. The van der Waals surface area contributed by atoms with E-state index < -0.39 is 11.9 Å². The topological polar surface area (TPSA) is 96.2 Å². The number of amides is 3. The normalized spacial score (nSPS) is 20.5. The van der Waals surface area contributed by atoms with Gasteiger partial charge >= 0.3 is 6.03 Å². The molecule has 5 N–H and O–H groups in total. The summed E-state index contributed by atoms with van der Waals surface area (Å²) in [5, 5.41) is 7.87. The average molecular weight is 312 g/mol. The maximum absolute atomic E-state index is 12.5. The van der Waals surface area contributed by atoms with Crippen molar-refractivity contribution in [3.63, 3.8) is 0 Å². The summed E-state index contributed by atoms with van der Waals surface area (Å²) in [5.74, 6) is -0.391. The first-order valence-electron chi connectivity index (χ1n) is 7.63. The number of hydrogen-bond donors (Lipinski definition) is 4. The van der Waals surface area contributed by atoms with Gasteiger partial charge in [-0.05, 0) is 42.9 Å². The molecule has 0 unspecified atom stereocenters. The van der Waals surface area contributed by atoms with Gasteiger partial charge in [-0.2, -0.15) is 0 Å². The smallest absolute Gasteiger partial charge is 0.323 e. The number of rotatable bonds is 2. The van der Waals surface area contributed by atoms with Crippen molar-refractivity contribution in [2.75, 3.05) is 0 Å². The third-order valence-corrected chi connectivity index (χ3v) is 4.37. The Morgan fingerprint density at radius 3 is 2.96 bits per heavy atom. The molecule has 1 aromatic rings. The molecule has 1 aliphatic carbocycles. The van der Waals surface area contributed by atoms with Crippen LogP contribution in [0.15, 0.2) is 41.9 Å². The van der Waals surface area contributed by atoms with E-state index in [2.05, 4.69) is 35.5 Å². The van der Waals surface area contributed by atoms with Gasteiger partial charge in [0, 0.05) is 0 Å². The van der Waals surface area contributed by atoms with Crippen LogP contribution in [0.25, 0.3) is 0 Å². The van der Waals surface area contributed by atoms with E-state index in [1.54, 1.807) is 0 Å². The van der Waals surface area contributed by atoms with Gasteiger partial charge in [0.2, 0.25) is 0 Å². The molecular weight excluding hydrogens is 292 g/mol. The Morgan fingerprint density at radius 2 is 2.17 bits per heavy atom. The molecule has 6 heteroatoms.